The Hall–Kier alpha value is -0.520. The summed E-state index contributed by atoms with van der Waals surface area (Å²) in [5.74, 6) is 0.736. The quantitative estimate of drug-likeness (QED) is 0.744. The van der Waals surface area contributed by atoms with E-state index in [0.29, 0.717) is 0 Å². The molecule has 0 amide bonds. The highest BCUT2D eigenvalue weighted by Crippen LogP contribution is 2.26. The Labute approximate surface area is 94.1 Å². The van der Waals surface area contributed by atoms with E-state index < -0.39 is 5.60 Å². The van der Waals surface area contributed by atoms with Crippen LogP contribution in [0, 0.1) is 0 Å². The van der Waals surface area contributed by atoms with Gasteiger partial charge in [-0.05, 0) is 25.9 Å². The zero-order chi connectivity index (χ0) is 10.7. The minimum Gasteiger partial charge on any atom is -0.389 e. The number of nitrogens with one attached hydrogen (secondary N) is 1. The summed E-state index contributed by atoms with van der Waals surface area (Å²) in [5.41, 5.74) is -0.512. The molecule has 15 heavy (non-hydrogen) atoms. The predicted molar refractivity (Wildman–Crippen MR) is 61.0 cm³/mol. The van der Waals surface area contributed by atoms with Crippen LogP contribution in [0.3, 0.4) is 0 Å². The number of piperidine rings is 1. The maximum atomic E-state index is 10.3. The average Bonchev–Trinajstić information content (AvgIpc) is 2.62. The van der Waals surface area contributed by atoms with E-state index in [4.69, 9.17) is 0 Å². The van der Waals surface area contributed by atoms with E-state index in [1.54, 1.807) is 18.0 Å². The van der Waals surface area contributed by atoms with Crippen molar-refractivity contribution in [2.75, 3.05) is 18.8 Å². The molecule has 1 aromatic heterocycles. The summed E-state index contributed by atoms with van der Waals surface area (Å²) in [7, 11) is 1.97. The second-order valence-corrected chi connectivity index (χ2v) is 5.03. The molecule has 0 atom stereocenters. The fourth-order valence-corrected chi connectivity index (χ4v) is 2.81. The normalized spacial score (nSPS) is 20.4. The van der Waals surface area contributed by atoms with Crippen molar-refractivity contribution in [3.63, 3.8) is 0 Å². The highest BCUT2D eigenvalue weighted by atomic mass is 32.2. The number of aliphatic hydroxyl groups is 1. The average molecular weight is 227 g/mol. The van der Waals surface area contributed by atoms with Crippen molar-refractivity contribution in [2.45, 2.75) is 23.6 Å². The van der Waals surface area contributed by atoms with Gasteiger partial charge in [-0.25, -0.2) is 4.98 Å². The molecule has 0 saturated carbocycles. The maximum absolute atomic E-state index is 10.3. The molecule has 5 heteroatoms. The number of nitrogens with zero attached hydrogens (tertiary/aromatic N) is 2. The molecule has 1 aliphatic rings. The molecule has 1 fully saturated rings. The first-order valence-electron chi connectivity index (χ1n) is 5.23. The monoisotopic (exact) mass is 227 g/mol. The Balaban J connectivity index is 1.89. The molecule has 84 valence electrons. The lowest BCUT2D eigenvalue weighted by atomic mass is 9.95. The highest BCUT2D eigenvalue weighted by molar-refractivity contribution is 7.99. The van der Waals surface area contributed by atoms with Gasteiger partial charge in [0, 0.05) is 25.2 Å². The molecule has 1 saturated heterocycles. The van der Waals surface area contributed by atoms with Gasteiger partial charge in [-0.15, -0.1) is 0 Å². The van der Waals surface area contributed by atoms with Crippen LogP contribution in [0.2, 0.25) is 0 Å². The predicted octanol–water partition coefficient (Wildman–Crippen LogP) is 0.627. The molecule has 4 nitrogen and oxygen atoms in total. The van der Waals surface area contributed by atoms with E-state index in [2.05, 4.69) is 10.3 Å². The summed E-state index contributed by atoms with van der Waals surface area (Å²) < 4.78 is 1.98. The molecule has 2 rings (SSSR count). The van der Waals surface area contributed by atoms with E-state index >= 15 is 0 Å². The van der Waals surface area contributed by atoms with Crippen molar-refractivity contribution >= 4 is 11.8 Å². The molecule has 0 unspecified atom stereocenters. The zero-order valence-corrected chi connectivity index (χ0v) is 9.76. The second-order valence-electron chi connectivity index (χ2n) is 4.08. The third-order valence-electron chi connectivity index (χ3n) is 2.78. The molecule has 0 spiro atoms. The minimum absolute atomic E-state index is 0.512. The van der Waals surface area contributed by atoms with Crippen LogP contribution in [0.25, 0.3) is 0 Å². The lowest BCUT2D eigenvalue weighted by Crippen LogP contribution is -2.43. The summed E-state index contributed by atoms with van der Waals surface area (Å²) in [4.78, 5) is 4.23. The van der Waals surface area contributed by atoms with E-state index in [-0.39, 0.29) is 0 Å². The van der Waals surface area contributed by atoms with Gasteiger partial charge in [-0.2, -0.15) is 0 Å². The van der Waals surface area contributed by atoms with Gasteiger partial charge in [-0.1, -0.05) is 11.8 Å². The SMILES string of the molecule is Cn1ccnc1SCC1(O)CCNCC1. The van der Waals surface area contributed by atoms with E-state index in [9.17, 15) is 5.11 Å². The highest BCUT2D eigenvalue weighted by Gasteiger charge is 2.29. The molecule has 0 bridgehead atoms. The number of aryl methyl sites for hydroxylation is 1. The van der Waals surface area contributed by atoms with Crippen LogP contribution in [0.5, 0.6) is 0 Å². The molecule has 2 N–H and O–H groups in total. The van der Waals surface area contributed by atoms with E-state index in [1.807, 2.05) is 17.8 Å². The molecular weight excluding hydrogens is 210 g/mol. The number of aromatic nitrogens is 2. The third kappa shape index (κ3) is 2.74. The van der Waals surface area contributed by atoms with Crippen molar-refractivity contribution in [1.29, 1.82) is 0 Å². The van der Waals surface area contributed by atoms with Gasteiger partial charge in [-0.3, -0.25) is 0 Å². The van der Waals surface area contributed by atoms with Gasteiger partial charge in [0.15, 0.2) is 5.16 Å². The summed E-state index contributed by atoms with van der Waals surface area (Å²) in [6, 6.07) is 0. The fourth-order valence-electron chi connectivity index (χ4n) is 1.73. The molecule has 0 aromatic carbocycles. The van der Waals surface area contributed by atoms with Crippen LogP contribution in [0.1, 0.15) is 12.8 Å². The largest absolute Gasteiger partial charge is 0.389 e. The smallest absolute Gasteiger partial charge is 0.167 e. The standard InChI is InChI=1S/C10H17N3OS/c1-13-7-6-12-9(13)15-8-10(14)2-4-11-5-3-10/h6-7,11,14H,2-5,8H2,1H3. The number of thioether (sulfide) groups is 1. The Morgan fingerprint density at radius 3 is 2.93 bits per heavy atom. The Kier molecular flexibility index (Phi) is 3.33. The Morgan fingerprint density at radius 2 is 2.33 bits per heavy atom. The van der Waals surface area contributed by atoms with Crippen molar-refractivity contribution < 1.29 is 5.11 Å². The van der Waals surface area contributed by atoms with Gasteiger partial charge >= 0.3 is 0 Å². The summed E-state index contributed by atoms with van der Waals surface area (Å²) in [6.07, 6.45) is 5.39. The second kappa shape index (κ2) is 4.55. The summed E-state index contributed by atoms with van der Waals surface area (Å²) in [5, 5.41) is 14.5. The van der Waals surface area contributed by atoms with Crippen LogP contribution < -0.4 is 5.32 Å². The first kappa shape index (κ1) is 11.0. The molecule has 2 heterocycles. The first-order valence-corrected chi connectivity index (χ1v) is 6.21. The first-order chi connectivity index (χ1) is 7.20. The molecule has 0 aliphatic carbocycles. The minimum atomic E-state index is -0.512. The zero-order valence-electron chi connectivity index (χ0n) is 8.94. The molecule has 1 aliphatic heterocycles. The van der Waals surface area contributed by atoms with Crippen LogP contribution in [0.15, 0.2) is 17.6 Å². The van der Waals surface area contributed by atoms with Gasteiger partial charge in [0.25, 0.3) is 0 Å². The van der Waals surface area contributed by atoms with Gasteiger partial charge < -0.3 is 15.0 Å². The summed E-state index contributed by atoms with van der Waals surface area (Å²) >= 11 is 1.63. The van der Waals surface area contributed by atoms with Crippen LogP contribution >= 0.6 is 11.8 Å². The molecule has 0 radical (unpaired) electrons. The maximum Gasteiger partial charge on any atom is 0.167 e. The number of hydrogen-bond acceptors (Lipinski definition) is 4. The third-order valence-corrected chi connectivity index (χ3v) is 4.11. The summed E-state index contributed by atoms with van der Waals surface area (Å²) in [6.45, 7) is 1.83. The lowest BCUT2D eigenvalue weighted by Gasteiger charge is -2.31. The number of hydrogen-bond donors (Lipinski definition) is 2. The van der Waals surface area contributed by atoms with Crippen molar-refractivity contribution in [3.8, 4) is 0 Å². The van der Waals surface area contributed by atoms with Crippen LogP contribution in [0.4, 0.5) is 0 Å². The van der Waals surface area contributed by atoms with Crippen LogP contribution in [-0.2, 0) is 7.05 Å². The topological polar surface area (TPSA) is 50.1 Å². The van der Waals surface area contributed by atoms with Crippen molar-refractivity contribution in [1.82, 2.24) is 14.9 Å². The van der Waals surface area contributed by atoms with Crippen molar-refractivity contribution in [2.24, 2.45) is 7.05 Å². The Morgan fingerprint density at radius 1 is 1.60 bits per heavy atom. The van der Waals surface area contributed by atoms with E-state index in [1.165, 1.54) is 0 Å². The lowest BCUT2D eigenvalue weighted by molar-refractivity contribution is 0.0338. The van der Waals surface area contributed by atoms with Gasteiger partial charge in [0.2, 0.25) is 0 Å². The van der Waals surface area contributed by atoms with Gasteiger partial charge in [0.1, 0.15) is 0 Å². The fraction of sp³-hybridized carbons (Fsp3) is 0.700. The van der Waals surface area contributed by atoms with Gasteiger partial charge in [0.05, 0.1) is 5.60 Å². The number of rotatable bonds is 3. The van der Waals surface area contributed by atoms with E-state index in [0.717, 1.165) is 36.8 Å². The van der Waals surface area contributed by atoms with Crippen molar-refractivity contribution in [3.05, 3.63) is 12.4 Å². The molecular formula is C10H17N3OS. The van der Waals surface area contributed by atoms with Crippen LogP contribution in [-0.4, -0.2) is 39.1 Å². The molecule has 1 aromatic rings. The Bertz CT molecular complexity index is 320. The number of imidazole rings is 1.